The fourth-order valence-corrected chi connectivity index (χ4v) is 2.27. The molecule has 0 bridgehead atoms. The molecule has 0 aliphatic carbocycles. The molecule has 0 aromatic heterocycles. The molecule has 24 heavy (non-hydrogen) atoms. The van der Waals surface area contributed by atoms with Crippen LogP contribution in [0.2, 0.25) is 0 Å². The summed E-state index contributed by atoms with van der Waals surface area (Å²) in [4.78, 5) is 22.2. The monoisotopic (exact) mass is 393 g/mol. The molecular formula is C16H16BrN3O4. The number of nitro groups is 1. The maximum atomic E-state index is 11.9. The zero-order valence-electron chi connectivity index (χ0n) is 12.9. The predicted octanol–water partition coefficient (Wildman–Crippen LogP) is 3.21. The molecule has 0 spiro atoms. The van der Waals surface area contributed by atoms with E-state index in [2.05, 4.69) is 26.6 Å². The van der Waals surface area contributed by atoms with Crippen molar-refractivity contribution >= 4 is 33.2 Å². The molecule has 8 heteroatoms. The van der Waals surface area contributed by atoms with E-state index in [-0.39, 0.29) is 11.3 Å². The standard InChI is InChI=1S/C16H16BrN3O4/c1-18-16(21)14-10-12(20(22)23)4-7-15(14)19-8-9-24-13-5-2-11(17)3-6-13/h2-7,10,19H,8-9H2,1H3,(H,18,21). The molecule has 7 nitrogen and oxygen atoms in total. The van der Waals surface area contributed by atoms with Crippen LogP contribution in [0, 0.1) is 10.1 Å². The minimum atomic E-state index is -0.535. The van der Waals surface area contributed by atoms with E-state index in [1.165, 1.54) is 25.2 Å². The highest BCUT2D eigenvalue weighted by molar-refractivity contribution is 9.10. The van der Waals surface area contributed by atoms with Crippen molar-refractivity contribution in [2.75, 3.05) is 25.5 Å². The second kappa shape index (κ2) is 8.30. The van der Waals surface area contributed by atoms with Gasteiger partial charge in [-0.2, -0.15) is 0 Å². The maximum absolute atomic E-state index is 11.9. The van der Waals surface area contributed by atoms with Gasteiger partial charge in [-0.05, 0) is 30.3 Å². The Morgan fingerprint density at radius 3 is 2.58 bits per heavy atom. The van der Waals surface area contributed by atoms with Gasteiger partial charge in [0.05, 0.1) is 10.5 Å². The van der Waals surface area contributed by atoms with Crippen molar-refractivity contribution in [3.63, 3.8) is 0 Å². The second-order valence-corrected chi connectivity index (χ2v) is 5.71. The number of nitro benzene ring substituents is 1. The Balaban J connectivity index is 1.99. The highest BCUT2D eigenvalue weighted by atomic mass is 79.9. The lowest BCUT2D eigenvalue weighted by Crippen LogP contribution is -2.21. The van der Waals surface area contributed by atoms with Gasteiger partial charge in [-0.1, -0.05) is 15.9 Å². The summed E-state index contributed by atoms with van der Waals surface area (Å²) in [6, 6.07) is 11.5. The van der Waals surface area contributed by atoms with Crippen molar-refractivity contribution in [3.8, 4) is 5.75 Å². The Labute approximate surface area is 147 Å². The molecule has 0 saturated carbocycles. The van der Waals surface area contributed by atoms with Crippen molar-refractivity contribution < 1.29 is 14.5 Å². The van der Waals surface area contributed by atoms with Crippen LogP contribution in [0.4, 0.5) is 11.4 Å². The van der Waals surface area contributed by atoms with Gasteiger partial charge in [-0.25, -0.2) is 0 Å². The Morgan fingerprint density at radius 2 is 1.96 bits per heavy atom. The summed E-state index contributed by atoms with van der Waals surface area (Å²) in [5.74, 6) is 0.338. The number of amides is 1. The first-order valence-corrected chi connectivity index (χ1v) is 7.93. The third-order valence-corrected chi connectivity index (χ3v) is 3.71. The van der Waals surface area contributed by atoms with Crippen LogP contribution in [-0.4, -0.2) is 31.0 Å². The number of benzene rings is 2. The van der Waals surface area contributed by atoms with Crippen LogP contribution in [0.15, 0.2) is 46.9 Å². The second-order valence-electron chi connectivity index (χ2n) is 4.80. The van der Waals surface area contributed by atoms with Gasteiger partial charge in [0, 0.05) is 35.9 Å². The fourth-order valence-electron chi connectivity index (χ4n) is 2.01. The normalized spacial score (nSPS) is 10.1. The van der Waals surface area contributed by atoms with Gasteiger partial charge in [0.15, 0.2) is 0 Å². The van der Waals surface area contributed by atoms with Gasteiger partial charge in [0.2, 0.25) is 0 Å². The molecule has 1 amide bonds. The first-order chi connectivity index (χ1) is 11.5. The quantitative estimate of drug-likeness (QED) is 0.427. The number of nitrogens with one attached hydrogen (secondary N) is 2. The van der Waals surface area contributed by atoms with Crippen molar-refractivity contribution in [2.24, 2.45) is 0 Å². The lowest BCUT2D eigenvalue weighted by molar-refractivity contribution is -0.384. The number of ether oxygens (including phenoxy) is 1. The molecule has 2 N–H and O–H groups in total. The van der Waals surface area contributed by atoms with Crippen LogP contribution in [0.3, 0.4) is 0 Å². The molecule has 2 aromatic rings. The topological polar surface area (TPSA) is 93.5 Å². The summed E-state index contributed by atoms with van der Waals surface area (Å²) in [6.45, 7) is 0.823. The number of non-ortho nitro benzene ring substituents is 1. The highest BCUT2D eigenvalue weighted by Crippen LogP contribution is 2.22. The Morgan fingerprint density at radius 1 is 1.25 bits per heavy atom. The number of hydrogen-bond acceptors (Lipinski definition) is 5. The first kappa shape index (κ1) is 17.7. The highest BCUT2D eigenvalue weighted by Gasteiger charge is 2.15. The van der Waals surface area contributed by atoms with Crippen LogP contribution in [0.25, 0.3) is 0 Å². The van der Waals surface area contributed by atoms with Gasteiger partial charge >= 0.3 is 0 Å². The number of carbonyl (C=O) groups excluding carboxylic acids is 1. The summed E-state index contributed by atoms with van der Waals surface area (Å²) in [5.41, 5.74) is 0.597. The molecule has 2 aromatic carbocycles. The molecule has 126 valence electrons. The van der Waals surface area contributed by atoms with Crippen LogP contribution in [0.5, 0.6) is 5.75 Å². The number of nitrogens with zero attached hydrogens (tertiary/aromatic N) is 1. The van der Waals surface area contributed by atoms with Gasteiger partial charge in [-0.3, -0.25) is 14.9 Å². The first-order valence-electron chi connectivity index (χ1n) is 7.14. The Bertz CT molecular complexity index is 735. The van der Waals surface area contributed by atoms with Crippen molar-refractivity contribution in [3.05, 3.63) is 62.6 Å². The van der Waals surface area contributed by atoms with Crippen molar-refractivity contribution in [2.45, 2.75) is 0 Å². The van der Waals surface area contributed by atoms with Gasteiger partial charge in [-0.15, -0.1) is 0 Å². The number of hydrogen-bond donors (Lipinski definition) is 2. The summed E-state index contributed by atoms with van der Waals surface area (Å²) >= 11 is 3.35. The molecule has 0 aliphatic rings. The minimum absolute atomic E-state index is 0.134. The van der Waals surface area contributed by atoms with E-state index in [0.717, 1.165) is 10.2 Å². The molecule has 0 unspecified atom stereocenters. The number of anilines is 1. The molecule has 0 atom stereocenters. The van der Waals surface area contributed by atoms with Crippen molar-refractivity contribution in [1.82, 2.24) is 5.32 Å². The summed E-state index contributed by atoms with van der Waals surface area (Å²) in [6.07, 6.45) is 0. The van der Waals surface area contributed by atoms with Gasteiger partial charge < -0.3 is 15.4 Å². The average Bonchev–Trinajstić information content (AvgIpc) is 2.59. The molecule has 0 heterocycles. The molecular weight excluding hydrogens is 378 g/mol. The van der Waals surface area contributed by atoms with Crippen LogP contribution >= 0.6 is 15.9 Å². The third kappa shape index (κ3) is 4.69. The van der Waals surface area contributed by atoms with E-state index >= 15 is 0 Å². The van der Waals surface area contributed by atoms with E-state index in [9.17, 15) is 14.9 Å². The lowest BCUT2D eigenvalue weighted by atomic mass is 10.1. The lowest BCUT2D eigenvalue weighted by Gasteiger charge is -2.12. The largest absolute Gasteiger partial charge is 0.492 e. The third-order valence-electron chi connectivity index (χ3n) is 3.19. The Hall–Kier alpha value is -2.61. The number of carbonyl (C=O) groups is 1. The molecule has 0 saturated heterocycles. The van der Waals surface area contributed by atoms with Gasteiger partial charge in [0.1, 0.15) is 12.4 Å². The maximum Gasteiger partial charge on any atom is 0.270 e. The molecule has 0 radical (unpaired) electrons. The summed E-state index contributed by atoms with van der Waals surface area (Å²) < 4.78 is 6.55. The fraction of sp³-hybridized carbons (Fsp3) is 0.188. The van der Waals surface area contributed by atoms with Gasteiger partial charge in [0.25, 0.3) is 11.6 Å². The number of halogens is 1. The van der Waals surface area contributed by atoms with E-state index < -0.39 is 10.8 Å². The number of rotatable bonds is 7. The van der Waals surface area contributed by atoms with Crippen LogP contribution < -0.4 is 15.4 Å². The Kier molecular flexibility index (Phi) is 6.14. The van der Waals surface area contributed by atoms with E-state index in [0.29, 0.717) is 18.8 Å². The molecule has 0 aliphatic heterocycles. The van der Waals surface area contributed by atoms with E-state index in [1.807, 2.05) is 24.3 Å². The van der Waals surface area contributed by atoms with E-state index in [4.69, 9.17) is 4.74 Å². The zero-order chi connectivity index (χ0) is 17.5. The van der Waals surface area contributed by atoms with Crippen molar-refractivity contribution in [1.29, 1.82) is 0 Å². The molecule has 0 fully saturated rings. The smallest absolute Gasteiger partial charge is 0.270 e. The summed E-state index contributed by atoms with van der Waals surface area (Å²) in [7, 11) is 1.47. The predicted molar refractivity (Wildman–Crippen MR) is 94.6 cm³/mol. The average molecular weight is 394 g/mol. The minimum Gasteiger partial charge on any atom is -0.492 e. The van der Waals surface area contributed by atoms with E-state index in [1.54, 1.807) is 0 Å². The SMILES string of the molecule is CNC(=O)c1cc([N+](=O)[O-])ccc1NCCOc1ccc(Br)cc1. The summed E-state index contributed by atoms with van der Waals surface area (Å²) in [5, 5.41) is 16.4. The zero-order valence-corrected chi connectivity index (χ0v) is 14.5. The molecule has 2 rings (SSSR count). The van der Waals surface area contributed by atoms with Crippen LogP contribution in [0.1, 0.15) is 10.4 Å². The van der Waals surface area contributed by atoms with Crippen LogP contribution in [-0.2, 0) is 0 Å².